The van der Waals surface area contributed by atoms with Crippen LogP contribution < -0.4 is 10.2 Å². The number of hydrogen-bond donors (Lipinski definition) is 1. The van der Waals surface area contributed by atoms with Gasteiger partial charge in [0.25, 0.3) is 0 Å². The Hall–Kier alpha value is -1.54. The summed E-state index contributed by atoms with van der Waals surface area (Å²) in [4.78, 5) is 2.34. The topological polar surface area (TPSA) is 56.9 Å². The predicted molar refractivity (Wildman–Crippen MR) is 78.6 cm³/mol. The van der Waals surface area contributed by atoms with Crippen molar-refractivity contribution in [1.29, 1.82) is 5.26 Å². The van der Waals surface area contributed by atoms with E-state index < -0.39 is 0 Å². The molecule has 0 spiro atoms. The number of aryl methyl sites for hydroxylation is 2. The molecule has 3 heterocycles. The van der Waals surface area contributed by atoms with Gasteiger partial charge in [-0.3, -0.25) is 4.68 Å². The number of nitriles is 1. The highest BCUT2D eigenvalue weighted by Gasteiger charge is 2.30. The van der Waals surface area contributed by atoms with Crippen molar-refractivity contribution in [3.8, 4) is 6.07 Å². The average Bonchev–Trinajstić information content (AvgIpc) is 3.06. The Balaban J connectivity index is 1.70. The molecular weight excluding hydrogens is 250 g/mol. The van der Waals surface area contributed by atoms with Gasteiger partial charge in [0.15, 0.2) is 0 Å². The van der Waals surface area contributed by atoms with Crippen molar-refractivity contribution in [1.82, 2.24) is 15.1 Å². The van der Waals surface area contributed by atoms with Crippen LogP contribution in [-0.4, -0.2) is 35.5 Å². The molecule has 0 aliphatic carbocycles. The Bertz CT molecular complexity index is 513. The van der Waals surface area contributed by atoms with Gasteiger partial charge in [0.05, 0.1) is 5.69 Å². The number of nitrogens with one attached hydrogen (secondary N) is 1. The second-order valence-corrected chi connectivity index (χ2v) is 6.05. The smallest absolute Gasteiger partial charge is 0.144 e. The summed E-state index contributed by atoms with van der Waals surface area (Å²) in [5.41, 5.74) is 1.58. The van der Waals surface area contributed by atoms with E-state index in [0.717, 1.165) is 42.1 Å². The molecule has 0 saturated carbocycles. The third-order valence-electron chi connectivity index (χ3n) is 4.81. The Labute approximate surface area is 120 Å². The fraction of sp³-hybridized carbons (Fsp3) is 0.733. The molecule has 3 rings (SSSR count). The minimum atomic E-state index is 0.723. The molecule has 108 valence electrons. The first-order valence-corrected chi connectivity index (χ1v) is 7.62. The summed E-state index contributed by atoms with van der Waals surface area (Å²) in [7, 11) is 1.94. The molecule has 1 unspecified atom stereocenters. The minimum Gasteiger partial charge on any atom is -0.356 e. The lowest BCUT2D eigenvalue weighted by Gasteiger charge is -2.36. The van der Waals surface area contributed by atoms with Crippen LogP contribution in [0.2, 0.25) is 0 Å². The molecule has 1 aromatic heterocycles. The molecule has 0 bridgehead atoms. The molecule has 2 aliphatic rings. The van der Waals surface area contributed by atoms with E-state index in [4.69, 9.17) is 0 Å². The monoisotopic (exact) mass is 273 g/mol. The fourth-order valence-electron chi connectivity index (χ4n) is 3.77. The van der Waals surface area contributed by atoms with Crippen LogP contribution in [0.1, 0.15) is 36.9 Å². The second kappa shape index (κ2) is 5.45. The first kappa shape index (κ1) is 13.4. The van der Waals surface area contributed by atoms with E-state index in [1.165, 1.54) is 32.2 Å². The van der Waals surface area contributed by atoms with Crippen molar-refractivity contribution in [3.05, 3.63) is 11.3 Å². The van der Waals surface area contributed by atoms with Crippen LogP contribution in [0.3, 0.4) is 0 Å². The number of rotatable bonds is 2. The first-order chi connectivity index (χ1) is 9.70. The largest absolute Gasteiger partial charge is 0.356 e. The summed E-state index contributed by atoms with van der Waals surface area (Å²) >= 11 is 0. The van der Waals surface area contributed by atoms with Crippen LogP contribution in [0.25, 0.3) is 0 Å². The molecule has 0 amide bonds. The fourth-order valence-corrected chi connectivity index (χ4v) is 3.77. The Morgan fingerprint density at radius 1 is 1.30 bits per heavy atom. The summed E-state index contributed by atoms with van der Waals surface area (Å²) in [6, 6.07) is 3.03. The summed E-state index contributed by atoms with van der Waals surface area (Å²) in [6.45, 7) is 5.18. The van der Waals surface area contributed by atoms with Gasteiger partial charge in [0, 0.05) is 26.2 Å². The lowest BCUT2D eigenvalue weighted by atomic mass is 9.88. The predicted octanol–water partition coefficient (Wildman–Crippen LogP) is 1.57. The van der Waals surface area contributed by atoms with Crippen LogP contribution in [0.15, 0.2) is 0 Å². The van der Waals surface area contributed by atoms with Crippen molar-refractivity contribution < 1.29 is 0 Å². The Morgan fingerprint density at radius 3 is 2.65 bits per heavy atom. The van der Waals surface area contributed by atoms with Gasteiger partial charge in [-0.05, 0) is 45.1 Å². The number of anilines is 1. The third-order valence-corrected chi connectivity index (χ3v) is 4.81. The molecule has 1 aromatic rings. The van der Waals surface area contributed by atoms with Crippen LogP contribution in [0, 0.1) is 24.2 Å². The molecule has 20 heavy (non-hydrogen) atoms. The number of hydrogen-bond acceptors (Lipinski definition) is 4. The zero-order valence-electron chi connectivity index (χ0n) is 12.4. The van der Waals surface area contributed by atoms with E-state index in [0.29, 0.717) is 0 Å². The molecule has 0 radical (unpaired) electrons. The highest BCUT2D eigenvalue weighted by molar-refractivity contribution is 5.57. The van der Waals surface area contributed by atoms with E-state index in [2.05, 4.69) is 21.4 Å². The van der Waals surface area contributed by atoms with E-state index >= 15 is 0 Å². The summed E-state index contributed by atoms with van der Waals surface area (Å²) in [6.07, 6.45) is 5.09. The number of aromatic nitrogens is 2. The van der Waals surface area contributed by atoms with Gasteiger partial charge in [0.1, 0.15) is 17.5 Å². The van der Waals surface area contributed by atoms with E-state index in [9.17, 15) is 5.26 Å². The molecule has 1 N–H and O–H groups in total. The zero-order chi connectivity index (χ0) is 14.1. The summed E-state index contributed by atoms with van der Waals surface area (Å²) in [5, 5.41) is 17.4. The Kier molecular flexibility index (Phi) is 3.66. The van der Waals surface area contributed by atoms with Crippen LogP contribution >= 0.6 is 0 Å². The number of piperidine rings is 1. The SMILES string of the molecule is Cc1nn(C)c(N2CCC(C3CCCN3)CC2)c1C#N. The molecule has 2 fully saturated rings. The van der Waals surface area contributed by atoms with Gasteiger partial charge in [-0.1, -0.05) is 0 Å². The molecule has 2 saturated heterocycles. The third kappa shape index (κ3) is 2.29. The van der Waals surface area contributed by atoms with Crippen molar-refractivity contribution in [2.45, 2.75) is 38.6 Å². The standard InChI is InChI=1S/C15H23N5/c1-11-13(10-16)15(19(2)18-11)20-8-5-12(6-9-20)14-4-3-7-17-14/h12,14,17H,3-9H2,1-2H3. The van der Waals surface area contributed by atoms with E-state index in [-0.39, 0.29) is 0 Å². The van der Waals surface area contributed by atoms with E-state index in [1.807, 2.05) is 18.7 Å². The van der Waals surface area contributed by atoms with Gasteiger partial charge in [-0.25, -0.2) is 0 Å². The van der Waals surface area contributed by atoms with Crippen LogP contribution in [0.5, 0.6) is 0 Å². The van der Waals surface area contributed by atoms with E-state index in [1.54, 1.807) is 0 Å². The highest BCUT2D eigenvalue weighted by Crippen LogP contribution is 2.30. The maximum Gasteiger partial charge on any atom is 0.144 e. The Morgan fingerprint density at radius 2 is 2.05 bits per heavy atom. The number of nitrogens with zero attached hydrogens (tertiary/aromatic N) is 4. The first-order valence-electron chi connectivity index (χ1n) is 7.62. The molecule has 5 heteroatoms. The zero-order valence-corrected chi connectivity index (χ0v) is 12.4. The molecular formula is C15H23N5. The van der Waals surface area contributed by atoms with Gasteiger partial charge in [-0.15, -0.1) is 0 Å². The van der Waals surface area contributed by atoms with Gasteiger partial charge in [-0.2, -0.15) is 10.4 Å². The van der Waals surface area contributed by atoms with Crippen LogP contribution in [0.4, 0.5) is 5.82 Å². The van der Waals surface area contributed by atoms with Gasteiger partial charge < -0.3 is 10.2 Å². The lowest BCUT2D eigenvalue weighted by molar-refractivity contribution is 0.317. The maximum absolute atomic E-state index is 9.33. The van der Waals surface area contributed by atoms with Crippen LogP contribution in [-0.2, 0) is 7.05 Å². The lowest BCUT2D eigenvalue weighted by Crippen LogP contribution is -2.41. The van der Waals surface area contributed by atoms with Gasteiger partial charge >= 0.3 is 0 Å². The van der Waals surface area contributed by atoms with Crippen molar-refractivity contribution >= 4 is 5.82 Å². The van der Waals surface area contributed by atoms with Gasteiger partial charge in [0.2, 0.25) is 0 Å². The van der Waals surface area contributed by atoms with Crippen molar-refractivity contribution in [3.63, 3.8) is 0 Å². The second-order valence-electron chi connectivity index (χ2n) is 6.05. The quantitative estimate of drug-likeness (QED) is 0.888. The normalized spacial score (nSPS) is 24.1. The summed E-state index contributed by atoms with van der Waals surface area (Å²) in [5.74, 6) is 1.80. The maximum atomic E-state index is 9.33. The van der Waals surface area contributed by atoms with Crippen molar-refractivity contribution in [2.24, 2.45) is 13.0 Å². The average molecular weight is 273 g/mol. The highest BCUT2D eigenvalue weighted by atomic mass is 15.4. The molecule has 5 nitrogen and oxygen atoms in total. The summed E-state index contributed by atoms with van der Waals surface area (Å²) < 4.78 is 1.86. The molecule has 0 aromatic carbocycles. The minimum absolute atomic E-state index is 0.723. The van der Waals surface area contributed by atoms with Crippen molar-refractivity contribution in [2.75, 3.05) is 24.5 Å². The molecule has 2 aliphatic heterocycles. The molecule has 1 atom stereocenters.